The summed E-state index contributed by atoms with van der Waals surface area (Å²) >= 11 is -1.43. The summed E-state index contributed by atoms with van der Waals surface area (Å²) in [4.78, 5) is 0. The Labute approximate surface area is 103 Å². The van der Waals surface area contributed by atoms with E-state index in [0.29, 0.717) is 0 Å². The van der Waals surface area contributed by atoms with E-state index in [1.165, 1.54) is 18.3 Å². The maximum absolute atomic E-state index is 13.6. The van der Waals surface area contributed by atoms with Gasteiger partial charge in [-0.3, -0.25) is 0 Å². The second-order valence-corrected chi connectivity index (χ2v) is 6.35. The van der Waals surface area contributed by atoms with E-state index in [2.05, 4.69) is 4.40 Å². The zero-order chi connectivity index (χ0) is 13.1. The summed E-state index contributed by atoms with van der Waals surface area (Å²) in [5.74, 6) is -0.635. The molecule has 0 saturated carbocycles. The molecule has 0 saturated heterocycles. The molecule has 0 fully saturated rings. The first-order chi connectivity index (χ1) is 7.86. The molecule has 3 nitrogen and oxygen atoms in total. The molecule has 0 aliphatic carbocycles. The van der Waals surface area contributed by atoms with E-state index in [1.807, 2.05) is 0 Å². The maximum atomic E-state index is 13.6. The van der Waals surface area contributed by atoms with Gasteiger partial charge < -0.3 is 4.55 Å². The third-order valence-corrected chi connectivity index (χ3v) is 3.31. The average Bonchev–Trinajstić information content (AvgIpc) is 2.26. The van der Waals surface area contributed by atoms with Crippen molar-refractivity contribution >= 4 is 17.6 Å². The molecule has 0 heterocycles. The number of rotatable bonds is 2. The van der Waals surface area contributed by atoms with Crippen molar-refractivity contribution in [2.24, 2.45) is 4.40 Å². The molecule has 0 spiro atoms. The molecule has 0 aliphatic rings. The third kappa shape index (κ3) is 3.55. The van der Waals surface area contributed by atoms with E-state index in [4.69, 9.17) is 5.26 Å². The van der Waals surface area contributed by atoms with E-state index in [9.17, 15) is 8.94 Å². The smallest absolute Gasteiger partial charge is 0.149 e. The van der Waals surface area contributed by atoms with Crippen LogP contribution in [0.3, 0.4) is 0 Å². The summed E-state index contributed by atoms with van der Waals surface area (Å²) in [6, 6.07) is 6.17. The Morgan fingerprint density at radius 3 is 2.65 bits per heavy atom. The molecule has 90 valence electrons. The molecule has 0 radical (unpaired) electrons. The lowest BCUT2D eigenvalue weighted by molar-refractivity contribution is 0.561. The van der Waals surface area contributed by atoms with E-state index in [0.717, 1.165) is 0 Å². The van der Waals surface area contributed by atoms with Crippen molar-refractivity contribution in [3.63, 3.8) is 0 Å². The van der Waals surface area contributed by atoms with Gasteiger partial charge in [0.05, 0.1) is 11.8 Å². The van der Waals surface area contributed by atoms with Crippen molar-refractivity contribution in [1.82, 2.24) is 0 Å². The van der Waals surface area contributed by atoms with Crippen LogP contribution in [0, 0.1) is 17.1 Å². The first-order valence-corrected chi connectivity index (χ1v) is 6.11. The van der Waals surface area contributed by atoms with Crippen LogP contribution in [-0.2, 0) is 11.4 Å². The lowest BCUT2D eigenvalue weighted by Crippen LogP contribution is -2.25. The largest absolute Gasteiger partial charge is 0.591 e. The van der Waals surface area contributed by atoms with Crippen LogP contribution in [-0.4, -0.2) is 15.5 Å². The molecule has 5 heteroatoms. The van der Waals surface area contributed by atoms with Gasteiger partial charge in [0.25, 0.3) is 0 Å². The monoisotopic (exact) mass is 252 g/mol. The van der Waals surface area contributed by atoms with Crippen molar-refractivity contribution in [1.29, 1.82) is 5.26 Å². The van der Waals surface area contributed by atoms with Crippen molar-refractivity contribution in [3.05, 3.63) is 35.1 Å². The molecular weight excluding hydrogens is 239 g/mol. The second-order valence-electron chi connectivity index (χ2n) is 4.42. The Bertz CT molecular complexity index is 474. The number of nitriles is 1. The van der Waals surface area contributed by atoms with E-state index in [-0.39, 0.29) is 11.1 Å². The highest BCUT2D eigenvalue weighted by molar-refractivity contribution is 7.91. The van der Waals surface area contributed by atoms with Gasteiger partial charge in [-0.1, -0.05) is 16.5 Å². The SMILES string of the molecule is CC(C)(C)[S+]([O-])N=Cc1cccc(C#N)c1F. The van der Waals surface area contributed by atoms with Gasteiger partial charge in [0.2, 0.25) is 0 Å². The van der Waals surface area contributed by atoms with Gasteiger partial charge in [-0.05, 0) is 26.8 Å². The van der Waals surface area contributed by atoms with Gasteiger partial charge >= 0.3 is 0 Å². The number of hydrogen-bond acceptors (Lipinski definition) is 3. The minimum absolute atomic E-state index is 0.0458. The summed E-state index contributed by atoms with van der Waals surface area (Å²) in [5, 5.41) is 8.66. The van der Waals surface area contributed by atoms with Crippen LogP contribution in [0.1, 0.15) is 31.9 Å². The Balaban J connectivity index is 2.98. The van der Waals surface area contributed by atoms with Gasteiger partial charge in [0.15, 0.2) is 0 Å². The fraction of sp³-hybridized carbons (Fsp3) is 0.333. The summed E-state index contributed by atoms with van der Waals surface area (Å²) in [7, 11) is 0. The summed E-state index contributed by atoms with van der Waals surface area (Å²) in [6.45, 7) is 5.34. The van der Waals surface area contributed by atoms with Gasteiger partial charge in [0, 0.05) is 5.56 Å². The molecule has 17 heavy (non-hydrogen) atoms. The predicted molar refractivity (Wildman–Crippen MR) is 66.6 cm³/mol. The molecule has 0 amide bonds. The molecular formula is C12H13FN2OS. The van der Waals surface area contributed by atoms with Crippen molar-refractivity contribution in [2.75, 3.05) is 0 Å². The lowest BCUT2D eigenvalue weighted by atomic mass is 10.1. The van der Waals surface area contributed by atoms with Crippen LogP contribution in [0.5, 0.6) is 0 Å². The first kappa shape index (κ1) is 13.7. The molecule has 0 N–H and O–H groups in total. The normalized spacial score (nSPS) is 13.6. The first-order valence-electron chi connectivity index (χ1n) is 5.01. The van der Waals surface area contributed by atoms with Crippen molar-refractivity contribution in [2.45, 2.75) is 25.5 Å². The van der Waals surface area contributed by atoms with E-state index in [1.54, 1.807) is 32.9 Å². The summed E-state index contributed by atoms with van der Waals surface area (Å²) < 4.78 is 28.5. The minimum Gasteiger partial charge on any atom is -0.591 e. The standard InChI is InChI=1S/C12H13FN2OS/c1-12(2,3)17(16)15-8-10-6-4-5-9(7-14)11(10)13/h4-6,8H,1-3H3. The van der Waals surface area contributed by atoms with E-state index < -0.39 is 21.9 Å². The minimum atomic E-state index is -1.43. The molecule has 1 aromatic carbocycles. The highest BCUT2D eigenvalue weighted by atomic mass is 32.2. The van der Waals surface area contributed by atoms with Crippen LogP contribution >= 0.6 is 0 Å². The van der Waals surface area contributed by atoms with Crippen LogP contribution in [0.2, 0.25) is 0 Å². The molecule has 1 atom stereocenters. The lowest BCUT2D eigenvalue weighted by Gasteiger charge is -2.17. The number of nitrogens with zero attached hydrogens (tertiary/aromatic N) is 2. The fourth-order valence-electron chi connectivity index (χ4n) is 0.999. The Morgan fingerprint density at radius 1 is 1.47 bits per heavy atom. The van der Waals surface area contributed by atoms with E-state index >= 15 is 0 Å². The highest BCUT2D eigenvalue weighted by Gasteiger charge is 2.25. The van der Waals surface area contributed by atoms with Crippen LogP contribution in [0.15, 0.2) is 22.6 Å². The zero-order valence-corrected chi connectivity index (χ0v) is 10.7. The summed E-state index contributed by atoms with van der Waals surface area (Å²) in [5.41, 5.74) is 0.122. The summed E-state index contributed by atoms with van der Waals surface area (Å²) in [6.07, 6.45) is 1.21. The van der Waals surface area contributed by atoms with Crippen molar-refractivity contribution in [3.8, 4) is 6.07 Å². The Morgan fingerprint density at radius 2 is 2.12 bits per heavy atom. The molecule has 1 rings (SSSR count). The molecule has 0 aliphatic heterocycles. The molecule has 0 aromatic heterocycles. The molecule has 1 unspecified atom stereocenters. The average molecular weight is 252 g/mol. The number of halogens is 1. The Kier molecular flexibility index (Phi) is 4.27. The van der Waals surface area contributed by atoms with Gasteiger partial charge in [-0.2, -0.15) is 5.26 Å². The number of benzene rings is 1. The quantitative estimate of drug-likeness (QED) is 0.600. The topological polar surface area (TPSA) is 59.2 Å². The van der Waals surface area contributed by atoms with Crippen LogP contribution in [0.4, 0.5) is 4.39 Å². The second kappa shape index (κ2) is 5.30. The maximum Gasteiger partial charge on any atom is 0.149 e. The third-order valence-electron chi connectivity index (χ3n) is 1.96. The number of hydrogen-bond donors (Lipinski definition) is 0. The molecule has 1 aromatic rings. The van der Waals surface area contributed by atoms with Crippen LogP contribution < -0.4 is 0 Å². The van der Waals surface area contributed by atoms with Gasteiger partial charge in [-0.25, -0.2) is 4.39 Å². The van der Waals surface area contributed by atoms with Crippen molar-refractivity contribution < 1.29 is 8.94 Å². The predicted octanol–water partition coefficient (Wildman–Crippen LogP) is 2.58. The van der Waals surface area contributed by atoms with Gasteiger partial charge in [-0.15, -0.1) is 0 Å². The highest BCUT2D eigenvalue weighted by Crippen LogP contribution is 2.17. The van der Waals surface area contributed by atoms with Crippen LogP contribution in [0.25, 0.3) is 0 Å². The fourth-order valence-corrected chi connectivity index (χ4v) is 1.52. The Hall–Kier alpha value is -1.38. The zero-order valence-electron chi connectivity index (χ0n) is 9.90. The van der Waals surface area contributed by atoms with Gasteiger partial charge in [0.1, 0.15) is 28.0 Å². The molecule has 0 bridgehead atoms.